The van der Waals surface area contributed by atoms with Gasteiger partial charge in [-0.15, -0.1) is 0 Å². The maximum atomic E-state index is 2.80. The summed E-state index contributed by atoms with van der Waals surface area (Å²) in [5.41, 5.74) is 0. The van der Waals surface area contributed by atoms with E-state index in [1.54, 1.807) is 0 Å². The van der Waals surface area contributed by atoms with Crippen LogP contribution in [-0.2, 0) is 0 Å². The fourth-order valence-corrected chi connectivity index (χ4v) is 9.31. The molecule has 0 heterocycles. The SMILES string of the molecule is CCCC1CCC(C=P(c2ccccc2)(c2ccccc2)c2ccccc2)CC1. The van der Waals surface area contributed by atoms with Crippen molar-refractivity contribution in [2.75, 3.05) is 0 Å². The monoisotopic (exact) mass is 400 g/mol. The van der Waals surface area contributed by atoms with Gasteiger partial charge in [0.05, 0.1) is 0 Å². The summed E-state index contributed by atoms with van der Waals surface area (Å²) in [4.78, 5) is 0. The predicted molar refractivity (Wildman–Crippen MR) is 132 cm³/mol. The van der Waals surface area contributed by atoms with Gasteiger partial charge >= 0.3 is 0 Å². The van der Waals surface area contributed by atoms with E-state index >= 15 is 0 Å². The van der Waals surface area contributed by atoms with Crippen LogP contribution >= 0.6 is 6.89 Å². The van der Waals surface area contributed by atoms with Crippen LogP contribution in [0.3, 0.4) is 0 Å². The Hall–Kier alpha value is -2.04. The number of benzene rings is 3. The Morgan fingerprint density at radius 2 is 1.07 bits per heavy atom. The Morgan fingerprint density at radius 3 is 1.45 bits per heavy atom. The predicted octanol–water partition coefficient (Wildman–Crippen LogP) is 6.39. The molecule has 0 N–H and O–H groups in total. The van der Waals surface area contributed by atoms with E-state index in [1.807, 2.05) is 0 Å². The molecule has 0 amide bonds. The first-order valence-corrected chi connectivity index (χ1v) is 13.1. The lowest BCUT2D eigenvalue weighted by Gasteiger charge is -2.33. The molecule has 1 saturated carbocycles. The second kappa shape index (κ2) is 9.64. The lowest BCUT2D eigenvalue weighted by molar-refractivity contribution is 0.308. The third kappa shape index (κ3) is 4.44. The van der Waals surface area contributed by atoms with Gasteiger partial charge in [-0.2, -0.15) is 0 Å². The molecule has 3 aromatic rings. The summed E-state index contributed by atoms with van der Waals surface area (Å²) >= 11 is 0. The van der Waals surface area contributed by atoms with Gasteiger partial charge in [0.15, 0.2) is 0 Å². The van der Waals surface area contributed by atoms with E-state index in [-0.39, 0.29) is 0 Å². The first-order chi connectivity index (χ1) is 14.3. The summed E-state index contributed by atoms with van der Waals surface area (Å²) in [7, 11) is 0. The molecule has 4 rings (SSSR count). The molecule has 1 heteroatoms. The molecule has 0 saturated heterocycles. The van der Waals surface area contributed by atoms with Crippen LogP contribution in [0.15, 0.2) is 91.0 Å². The van der Waals surface area contributed by atoms with Crippen molar-refractivity contribution >= 4 is 28.6 Å². The fourth-order valence-electron chi connectivity index (χ4n) is 5.05. The molecule has 0 spiro atoms. The summed E-state index contributed by atoms with van der Waals surface area (Å²) in [5.74, 6) is 4.45. The van der Waals surface area contributed by atoms with Gasteiger partial charge < -0.3 is 0 Å². The Bertz CT molecular complexity index is 816. The first kappa shape index (κ1) is 20.2. The Kier molecular flexibility index (Phi) is 6.73. The van der Waals surface area contributed by atoms with Gasteiger partial charge in [-0.3, -0.25) is 0 Å². The van der Waals surface area contributed by atoms with Crippen molar-refractivity contribution in [3.05, 3.63) is 91.0 Å². The van der Waals surface area contributed by atoms with Crippen LogP contribution in [-0.4, -0.2) is 5.80 Å². The average Bonchev–Trinajstić information content (AvgIpc) is 2.80. The second-order valence-electron chi connectivity index (χ2n) is 8.45. The zero-order chi connectivity index (χ0) is 19.9. The second-order valence-corrected chi connectivity index (χ2v) is 11.7. The maximum absolute atomic E-state index is 2.80. The molecule has 0 nitrogen and oxygen atoms in total. The molecule has 1 fully saturated rings. The first-order valence-electron chi connectivity index (χ1n) is 11.2. The minimum Gasteiger partial charge on any atom is -0.0711 e. The number of rotatable bonds is 6. The van der Waals surface area contributed by atoms with Crippen LogP contribution in [0.2, 0.25) is 0 Å². The van der Waals surface area contributed by atoms with Crippen LogP contribution in [0, 0.1) is 11.8 Å². The quantitative estimate of drug-likeness (QED) is 0.421. The van der Waals surface area contributed by atoms with Crippen LogP contribution in [0.1, 0.15) is 45.4 Å². The van der Waals surface area contributed by atoms with Gasteiger partial charge in [0, 0.05) is 0 Å². The third-order valence-corrected chi connectivity index (χ3v) is 10.7. The molecule has 0 aromatic heterocycles. The molecule has 150 valence electrons. The molecule has 1 aliphatic rings. The Labute approximate surface area is 177 Å². The van der Waals surface area contributed by atoms with Crippen molar-refractivity contribution < 1.29 is 0 Å². The van der Waals surface area contributed by atoms with E-state index in [4.69, 9.17) is 0 Å². The minimum absolute atomic E-state index is 0.706. The summed E-state index contributed by atoms with van der Waals surface area (Å²) in [5, 5.41) is 4.44. The van der Waals surface area contributed by atoms with Crippen LogP contribution < -0.4 is 15.9 Å². The largest absolute Gasteiger partial charge is 0.0711 e. The van der Waals surface area contributed by atoms with Gasteiger partial charge in [-0.05, 0) is 60.3 Å². The smallest absolute Gasteiger partial charge is 0.0163 e. The van der Waals surface area contributed by atoms with Gasteiger partial charge in [-0.25, -0.2) is 0 Å². The topological polar surface area (TPSA) is 0 Å². The molecule has 3 aromatic carbocycles. The van der Waals surface area contributed by atoms with Crippen LogP contribution in [0.25, 0.3) is 0 Å². The molecule has 0 bridgehead atoms. The van der Waals surface area contributed by atoms with Crippen molar-refractivity contribution in [3.63, 3.8) is 0 Å². The van der Waals surface area contributed by atoms with Crippen LogP contribution in [0.4, 0.5) is 0 Å². The summed E-state index contributed by atoms with van der Waals surface area (Å²) in [6.07, 6.45) is 8.22. The fraction of sp³-hybridized carbons (Fsp3) is 0.321. The Morgan fingerprint density at radius 1 is 0.655 bits per heavy atom. The van der Waals surface area contributed by atoms with Crippen molar-refractivity contribution in [1.29, 1.82) is 0 Å². The summed E-state index contributed by atoms with van der Waals surface area (Å²) in [6.45, 7) is 0.546. The van der Waals surface area contributed by atoms with Gasteiger partial charge in [-0.1, -0.05) is 117 Å². The zero-order valence-corrected chi connectivity index (χ0v) is 18.5. The van der Waals surface area contributed by atoms with Gasteiger partial charge in [0.1, 0.15) is 0 Å². The molecule has 0 atom stereocenters. The molecule has 0 unspecified atom stereocenters. The van der Waals surface area contributed by atoms with Crippen molar-refractivity contribution in [2.24, 2.45) is 11.8 Å². The Balaban J connectivity index is 1.87. The highest BCUT2D eigenvalue weighted by molar-refractivity contribution is 7.94. The highest BCUT2D eigenvalue weighted by Crippen LogP contribution is 2.46. The van der Waals surface area contributed by atoms with Crippen molar-refractivity contribution in [3.8, 4) is 0 Å². The van der Waals surface area contributed by atoms with E-state index in [2.05, 4.69) is 104 Å². The lowest BCUT2D eigenvalue weighted by Crippen LogP contribution is -2.29. The standard InChI is InChI=1S/C28H33P/c1-2-12-24-19-21-25(22-20-24)23-29(26-13-6-3-7-14-26,27-15-8-4-9-16-27)28-17-10-5-11-18-28/h3-11,13-18,23-25H,2,12,19-22H2,1H3. The third-order valence-electron chi connectivity index (χ3n) is 6.51. The van der Waals surface area contributed by atoms with Crippen molar-refractivity contribution in [2.45, 2.75) is 45.4 Å². The molecule has 0 aliphatic heterocycles. The number of hydrogen-bond acceptors (Lipinski definition) is 0. The van der Waals surface area contributed by atoms with Crippen LogP contribution in [0.5, 0.6) is 0 Å². The normalized spacial score (nSPS) is 19.6. The summed E-state index contributed by atoms with van der Waals surface area (Å²) < 4.78 is 0. The number of hydrogen-bond donors (Lipinski definition) is 0. The highest BCUT2D eigenvalue weighted by atomic mass is 31.2. The van der Waals surface area contributed by atoms with Crippen molar-refractivity contribution in [1.82, 2.24) is 0 Å². The maximum Gasteiger partial charge on any atom is -0.0163 e. The lowest BCUT2D eigenvalue weighted by atomic mass is 9.81. The van der Waals surface area contributed by atoms with E-state index in [1.165, 1.54) is 54.4 Å². The van der Waals surface area contributed by atoms with E-state index in [9.17, 15) is 0 Å². The van der Waals surface area contributed by atoms with E-state index in [0.29, 0.717) is 5.92 Å². The highest BCUT2D eigenvalue weighted by Gasteiger charge is 2.28. The molecular weight excluding hydrogens is 367 g/mol. The molecule has 0 radical (unpaired) electrons. The minimum atomic E-state index is -1.78. The molecule has 29 heavy (non-hydrogen) atoms. The van der Waals surface area contributed by atoms with E-state index in [0.717, 1.165) is 5.92 Å². The van der Waals surface area contributed by atoms with Gasteiger partial charge in [0.25, 0.3) is 0 Å². The summed E-state index contributed by atoms with van der Waals surface area (Å²) in [6, 6.07) is 33.8. The zero-order valence-electron chi connectivity index (χ0n) is 17.6. The molecular formula is C28H33P. The van der Waals surface area contributed by atoms with E-state index < -0.39 is 6.89 Å². The average molecular weight is 401 g/mol. The molecule has 1 aliphatic carbocycles. The van der Waals surface area contributed by atoms with Gasteiger partial charge in [0.2, 0.25) is 0 Å².